The van der Waals surface area contributed by atoms with E-state index in [2.05, 4.69) is 5.10 Å². The number of aliphatic hydroxyl groups excluding tert-OH is 1. The van der Waals surface area contributed by atoms with Gasteiger partial charge in [0, 0.05) is 0 Å². The molecule has 0 aliphatic heterocycles. The minimum Gasteiger partial charge on any atom is -0.391 e. The average molecular weight is 230 g/mol. The first-order valence-corrected chi connectivity index (χ1v) is 5.67. The van der Waals surface area contributed by atoms with Gasteiger partial charge in [-0.25, -0.2) is 4.68 Å². The van der Waals surface area contributed by atoms with Gasteiger partial charge in [-0.2, -0.15) is 5.10 Å². The first kappa shape index (κ1) is 10.8. The van der Waals surface area contributed by atoms with Crippen molar-refractivity contribution in [1.29, 1.82) is 0 Å². The van der Waals surface area contributed by atoms with E-state index in [4.69, 9.17) is 17.3 Å². The molecule has 0 bridgehead atoms. The fourth-order valence-electron chi connectivity index (χ4n) is 2.18. The molecule has 1 aliphatic rings. The Morgan fingerprint density at radius 3 is 2.67 bits per heavy atom. The van der Waals surface area contributed by atoms with Crippen molar-refractivity contribution < 1.29 is 5.11 Å². The van der Waals surface area contributed by atoms with Gasteiger partial charge in [-0.1, -0.05) is 24.4 Å². The summed E-state index contributed by atoms with van der Waals surface area (Å²) in [6, 6.07) is -0.00931. The van der Waals surface area contributed by atoms with E-state index >= 15 is 0 Å². The molecule has 5 heteroatoms. The molecular weight excluding hydrogens is 214 g/mol. The van der Waals surface area contributed by atoms with Crippen molar-refractivity contribution >= 4 is 17.4 Å². The van der Waals surface area contributed by atoms with Crippen LogP contribution in [0.15, 0.2) is 0 Å². The number of hydrogen-bond acceptors (Lipinski definition) is 3. The average Bonchev–Trinajstić information content (AvgIpc) is 2.47. The molecule has 1 aromatic rings. The SMILES string of the molecule is Cc1nn(C2CCCCC2O)c(N)c1Cl. The summed E-state index contributed by atoms with van der Waals surface area (Å²) in [6.45, 7) is 1.82. The predicted molar refractivity (Wildman–Crippen MR) is 59.9 cm³/mol. The van der Waals surface area contributed by atoms with E-state index in [-0.39, 0.29) is 12.1 Å². The molecule has 15 heavy (non-hydrogen) atoms. The second kappa shape index (κ2) is 4.02. The Bertz CT molecular complexity index is 364. The lowest BCUT2D eigenvalue weighted by molar-refractivity contribution is 0.0704. The van der Waals surface area contributed by atoms with Gasteiger partial charge in [-0.05, 0) is 19.8 Å². The molecule has 1 aromatic heterocycles. The van der Waals surface area contributed by atoms with E-state index in [9.17, 15) is 5.11 Å². The van der Waals surface area contributed by atoms with Crippen molar-refractivity contribution in [3.63, 3.8) is 0 Å². The lowest BCUT2D eigenvalue weighted by Gasteiger charge is -2.28. The zero-order chi connectivity index (χ0) is 11.0. The molecule has 0 radical (unpaired) electrons. The predicted octanol–water partition coefficient (Wildman–Crippen LogP) is 1.90. The number of halogens is 1. The fraction of sp³-hybridized carbons (Fsp3) is 0.700. The first-order valence-electron chi connectivity index (χ1n) is 5.29. The Morgan fingerprint density at radius 1 is 1.47 bits per heavy atom. The number of aromatic nitrogens is 2. The van der Waals surface area contributed by atoms with Gasteiger partial charge in [-0.15, -0.1) is 0 Å². The van der Waals surface area contributed by atoms with E-state index in [1.165, 1.54) is 0 Å². The number of nitrogens with two attached hydrogens (primary N) is 1. The minimum atomic E-state index is -0.351. The maximum absolute atomic E-state index is 9.89. The van der Waals surface area contributed by atoms with Crippen molar-refractivity contribution in [2.75, 3.05) is 5.73 Å². The molecule has 2 unspecified atom stereocenters. The summed E-state index contributed by atoms with van der Waals surface area (Å²) in [7, 11) is 0. The van der Waals surface area contributed by atoms with Gasteiger partial charge in [0.25, 0.3) is 0 Å². The smallest absolute Gasteiger partial charge is 0.141 e. The summed E-state index contributed by atoms with van der Waals surface area (Å²) >= 11 is 5.98. The van der Waals surface area contributed by atoms with Gasteiger partial charge < -0.3 is 10.8 Å². The van der Waals surface area contributed by atoms with E-state index in [0.29, 0.717) is 10.8 Å². The zero-order valence-corrected chi connectivity index (χ0v) is 9.54. The molecule has 1 heterocycles. The van der Waals surface area contributed by atoms with Crippen molar-refractivity contribution in [2.24, 2.45) is 0 Å². The largest absolute Gasteiger partial charge is 0.391 e. The van der Waals surface area contributed by atoms with Crippen molar-refractivity contribution in [3.8, 4) is 0 Å². The second-order valence-electron chi connectivity index (χ2n) is 4.15. The lowest BCUT2D eigenvalue weighted by Crippen LogP contribution is -2.29. The molecule has 0 saturated heterocycles. The third kappa shape index (κ3) is 1.84. The van der Waals surface area contributed by atoms with Crippen LogP contribution in [0.25, 0.3) is 0 Å². The summed E-state index contributed by atoms with van der Waals surface area (Å²) in [5, 5.41) is 14.7. The topological polar surface area (TPSA) is 64.1 Å². The van der Waals surface area contributed by atoms with Crippen LogP contribution in [0.1, 0.15) is 37.4 Å². The molecule has 1 saturated carbocycles. The molecule has 2 rings (SSSR count). The molecule has 1 aliphatic carbocycles. The third-order valence-electron chi connectivity index (χ3n) is 3.06. The van der Waals surface area contributed by atoms with Gasteiger partial charge in [0.1, 0.15) is 10.8 Å². The Labute approximate surface area is 94.0 Å². The number of nitrogen functional groups attached to an aromatic ring is 1. The zero-order valence-electron chi connectivity index (χ0n) is 8.78. The fourth-order valence-corrected chi connectivity index (χ4v) is 2.30. The lowest BCUT2D eigenvalue weighted by atomic mass is 9.93. The number of anilines is 1. The molecule has 1 fully saturated rings. The van der Waals surface area contributed by atoms with E-state index in [1.54, 1.807) is 4.68 Å². The van der Waals surface area contributed by atoms with E-state index in [0.717, 1.165) is 31.4 Å². The van der Waals surface area contributed by atoms with Gasteiger partial charge in [0.15, 0.2) is 0 Å². The molecule has 2 atom stereocenters. The summed E-state index contributed by atoms with van der Waals surface area (Å²) in [4.78, 5) is 0. The molecular formula is C10H16ClN3O. The maximum atomic E-state index is 9.89. The summed E-state index contributed by atoms with van der Waals surface area (Å²) in [6.07, 6.45) is 3.57. The Balaban J connectivity index is 2.31. The van der Waals surface area contributed by atoms with Gasteiger partial charge in [0.05, 0.1) is 17.8 Å². The third-order valence-corrected chi connectivity index (χ3v) is 3.52. The van der Waals surface area contributed by atoms with Crippen LogP contribution in [0.5, 0.6) is 0 Å². The van der Waals surface area contributed by atoms with Gasteiger partial charge in [-0.3, -0.25) is 0 Å². The summed E-state index contributed by atoms with van der Waals surface area (Å²) in [5.41, 5.74) is 6.58. The van der Waals surface area contributed by atoms with Crippen LogP contribution in [-0.2, 0) is 0 Å². The van der Waals surface area contributed by atoms with Crippen LogP contribution in [-0.4, -0.2) is 21.0 Å². The molecule has 0 aromatic carbocycles. The van der Waals surface area contributed by atoms with Crippen molar-refractivity contribution in [1.82, 2.24) is 9.78 Å². The highest BCUT2D eigenvalue weighted by atomic mass is 35.5. The van der Waals surface area contributed by atoms with E-state index < -0.39 is 0 Å². The van der Waals surface area contributed by atoms with Crippen LogP contribution < -0.4 is 5.73 Å². The highest BCUT2D eigenvalue weighted by Gasteiger charge is 2.27. The summed E-state index contributed by atoms with van der Waals surface area (Å²) in [5.74, 6) is 0.472. The number of rotatable bonds is 1. The van der Waals surface area contributed by atoms with Crippen LogP contribution in [0, 0.1) is 6.92 Å². The monoisotopic (exact) mass is 229 g/mol. The van der Waals surface area contributed by atoms with E-state index in [1.807, 2.05) is 6.92 Å². The molecule has 0 amide bonds. The quantitative estimate of drug-likeness (QED) is 0.773. The number of nitrogens with zero attached hydrogens (tertiary/aromatic N) is 2. The van der Waals surface area contributed by atoms with Gasteiger partial charge in [0.2, 0.25) is 0 Å². The highest BCUT2D eigenvalue weighted by Crippen LogP contribution is 2.33. The number of aliphatic hydroxyl groups is 1. The maximum Gasteiger partial charge on any atom is 0.141 e. The Hall–Kier alpha value is -0.740. The molecule has 3 N–H and O–H groups in total. The number of aryl methyl sites for hydroxylation is 1. The van der Waals surface area contributed by atoms with Gasteiger partial charge >= 0.3 is 0 Å². The Kier molecular flexibility index (Phi) is 2.89. The van der Waals surface area contributed by atoms with Crippen LogP contribution >= 0.6 is 11.6 Å². The van der Waals surface area contributed by atoms with Crippen LogP contribution in [0.3, 0.4) is 0 Å². The van der Waals surface area contributed by atoms with Crippen LogP contribution in [0.2, 0.25) is 5.02 Å². The minimum absolute atomic E-state index is 0.00931. The Morgan fingerprint density at radius 2 is 2.13 bits per heavy atom. The second-order valence-corrected chi connectivity index (χ2v) is 4.53. The number of hydrogen-bond donors (Lipinski definition) is 2. The molecule has 0 spiro atoms. The molecule has 84 valence electrons. The standard InChI is InChI=1S/C10H16ClN3O/c1-6-9(11)10(12)14(13-6)7-4-2-3-5-8(7)15/h7-8,15H,2-5,12H2,1H3. The molecule has 4 nitrogen and oxygen atoms in total. The normalized spacial score (nSPS) is 26.9. The highest BCUT2D eigenvalue weighted by molar-refractivity contribution is 6.33. The van der Waals surface area contributed by atoms with Crippen molar-refractivity contribution in [3.05, 3.63) is 10.7 Å². The van der Waals surface area contributed by atoms with Crippen molar-refractivity contribution in [2.45, 2.75) is 44.8 Å². The first-order chi connectivity index (χ1) is 7.11. The summed E-state index contributed by atoms with van der Waals surface area (Å²) < 4.78 is 1.68. The van der Waals surface area contributed by atoms with Crippen LogP contribution in [0.4, 0.5) is 5.82 Å².